The summed E-state index contributed by atoms with van der Waals surface area (Å²) in [6.07, 6.45) is 1.47. The number of thiocarbonyl (C=S) groups is 1. The third kappa shape index (κ3) is 4.20. The number of halogens is 2. The van der Waals surface area contributed by atoms with Crippen LogP contribution in [-0.2, 0) is 9.59 Å². The van der Waals surface area contributed by atoms with Crippen molar-refractivity contribution in [1.82, 2.24) is 9.80 Å². The molecule has 1 aliphatic heterocycles. The van der Waals surface area contributed by atoms with Gasteiger partial charge in [-0.1, -0.05) is 23.4 Å². The van der Waals surface area contributed by atoms with E-state index < -0.39 is 11.8 Å². The monoisotopic (exact) mass is 498 g/mol. The van der Waals surface area contributed by atoms with E-state index in [9.17, 15) is 9.59 Å². The van der Waals surface area contributed by atoms with Crippen LogP contribution in [0.3, 0.4) is 0 Å². The molecule has 1 aromatic heterocycles. The van der Waals surface area contributed by atoms with E-state index in [1.807, 2.05) is 26.0 Å². The molecule has 0 atom stereocenters. The van der Waals surface area contributed by atoms with Gasteiger partial charge in [-0.25, -0.2) is 0 Å². The topological polar surface area (TPSA) is 53.8 Å². The zero-order valence-electron chi connectivity index (χ0n) is 15.1. The van der Waals surface area contributed by atoms with Gasteiger partial charge in [0.25, 0.3) is 11.8 Å². The molecular weight excluding hydrogens is 484 g/mol. The molecule has 0 saturated carbocycles. The van der Waals surface area contributed by atoms with Crippen molar-refractivity contribution in [1.29, 1.82) is 0 Å². The van der Waals surface area contributed by atoms with Crippen LogP contribution in [0.25, 0.3) is 6.08 Å². The summed E-state index contributed by atoms with van der Waals surface area (Å²) in [7, 11) is 0. The maximum absolute atomic E-state index is 12.7. The Morgan fingerprint density at radius 2 is 1.71 bits per heavy atom. The molecule has 0 radical (unpaired) electrons. The lowest BCUT2D eigenvalue weighted by molar-refractivity contribution is -0.133. The molecule has 0 aliphatic carbocycles. The molecule has 146 valence electrons. The van der Waals surface area contributed by atoms with Crippen molar-refractivity contribution in [3.8, 4) is 0 Å². The fourth-order valence-electron chi connectivity index (χ4n) is 2.64. The standard InChI is InChI=1S/C19H16BrClN2O3S2/c1-3-22-16(24)14(17(25)23(4-2)19(22)27)9-12-10-15(20)18(26-12)28-13-7-5-11(21)6-8-13/h5-10H,3-4H2,1-2H3. The highest BCUT2D eigenvalue weighted by atomic mass is 79.9. The predicted octanol–water partition coefficient (Wildman–Crippen LogP) is 5.23. The first-order chi connectivity index (χ1) is 13.3. The van der Waals surface area contributed by atoms with Gasteiger partial charge in [-0.05, 0) is 78.4 Å². The summed E-state index contributed by atoms with van der Waals surface area (Å²) in [6.45, 7) is 4.40. The van der Waals surface area contributed by atoms with Crippen LogP contribution in [0.4, 0.5) is 0 Å². The molecule has 1 fully saturated rings. The number of hydrogen-bond acceptors (Lipinski definition) is 5. The SMILES string of the molecule is CCN1C(=O)C(=Cc2cc(Br)c(Sc3ccc(Cl)cc3)o2)C(=O)N(CC)C1=S. The van der Waals surface area contributed by atoms with E-state index in [4.69, 9.17) is 28.2 Å². The fourth-order valence-corrected chi connectivity index (χ4v) is 4.52. The number of rotatable bonds is 5. The van der Waals surface area contributed by atoms with Gasteiger partial charge < -0.3 is 4.42 Å². The Balaban J connectivity index is 1.91. The number of nitrogens with zero attached hydrogens (tertiary/aromatic N) is 2. The number of amides is 2. The number of furan rings is 1. The minimum atomic E-state index is -0.415. The molecule has 0 bridgehead atoms. The lowest BCUT2D eigenvalue weighted by Gasteiger charge is -2.35. The molecule has 5 nitrogen and oxygen atoms in total. The second-order valence-corrected chi connectivity index (χ2v) is 8.48. The highest BCUT2D eigenvalue weighted by molar-refractivity contribution is 9.10. The Labute approximate surface area is 185 Å². The summed E-state index contributed by atoms with van der Waals surface area (Å²) < 4.78 is 6.57. The molecule has 2 aromatic rings. The van der Waals surface area contributed by atoms with Crippen LogP contribution in [0.15, 0.2) is 54.8 Å². The van der Waals surface area contributed by atoms with Crippen LogP contribution < -0.4 is 0 Å². The number of benzene rings is 1. The Kier molecular flexibility index (Phi) is 6.65. The van der Waals surface area contributed by atoms with Gasteiger partial charge in [0.2, 0.25) is 0 Å². The summed E-state index contributed by atoms with van der Waals surface area (Å²) in [6, 6.07) is 9.08. The van der Waals surface area contributed by atoms with Crippen LogP contribution in [0.1, 0.15) is 19.6 Å². The molecule has 3 rings (SSSR count). The van der Waals surface area contributed by atoms with Crippen LogP contribution in [0, 0.1) is 0 Å². The Bertz CT molecular complexity index is 944. The van der Waals surface area contributed by atoms with Gasteiger partial charge in [0.15, 0.2) is 10.2 Å². The number of hydrogen-bond donors (Lipinski definition) is 0. The molecule has 2 amide bonds. The van der Waals surface area contributed by atoms with Gasteiger partial charge in [-0.3, -0.25) is 19.4 Å². The van der Waals surface area contributed by atoms with Gasteiger partial charge in [0.05, 0.1) is 4.47 Å². The molecular formula is C19H16BrClN2O3S2. The number of likely N-dealkylation sites (N-methyl/N-ethyl adjacent to an activating group) is 2. The van der Waals surface area contributed by atoms with Crippen LogP contribution >= 0.6 is 51.5 Å². The van der Waals surface area contributed by atoms with Crippen molar-refractivity contribution in [2.75, 3.05) is 13.1 Å². The van der Waals surface area contributed by atoms with Crippen molar-refractivity contribution in [3.63, 3.8) is 0 Å². The van der Waals surface area contributed by atoms with Crippen molar-refractivity contribution in [3.05, 3.63) is 51.2 Å². The second-order valence-electron chi connectivity index (χ2n) is 5.78. The minimum Gasteiger partial charge on any atom is -0.449 e. The van der Waals surface area contributed by atoms with Crippen LogP contribution in [-0.4, -0.2) is 39.8 Å². The van der Waals surface area contributed by atoms with Crippen molar-refractivity contribution in [2.24, 2.45) is 0 Å². The molecule has 1 aliphatic rings. The zero-order valence-corrected chi connectivity index (χ0v) is 19.0. The third-order valence-corrected chi connectivity index (χ3v) is 6.57. The quantitative estimate of drug-likeness (QED) is 0.320. The van der Waals surface area contributed by atoms with E-state index in [0.29, 0.717) is 29.0 Å². The average Bonchev–Trinajstić information content (AvgIpc) is 3.00. The van der Waals surface area contributed by atoms with Crippen LogP contribution in [0.2, 0.25) is 5.02 Å². The summed E-state index contributed by atoms with van der Waals surface area (Å²) in [4.78, 5) is 29.2. The summed E-state index contributed by atoms with van der Waals surface area (Å²) in [5, 5.41) is 1.50. The van der Waals surface area contributed by atoms with E-state index in [2.05, 4.69) is 15.9 Å². The third-order valence-electron chi connectivity index (χ3n) is 4.03. The molecule has 9 heteroatoms. The molecule has 28 heavy (non-hydrogen) atoms. The molecule has 0 unspecified atom stereocenters. The summed E-state index contributed by atoms with van der Waals surface area (Å²) in [5.41, 5.74) is 0.0293. The van der Waals surface area contributed by atoms with Crippen molar-refractivity contribution < 1.29 is 14.0 Å². The fraction of sp³-hybridized carbons (Fsp3) is 0.211. The largest absolute Gasteiger partial charge is 0.449 e. The zero-order chi connectivity index (χ0) is 20.4. The molecule has 2 heterocycles. The normalized spacial score (nSPS) is 14.9. The smallest absolute Gasteiger partial charge is 0.265 e. The molecule has 0 N–H and O–H groups in total. The van der Waals surface area contributed by atoms with Gasteiger partial charge in [0, 0.05) is 23.0 Å². The first-order valence-electron chi connectivity index (χ1n) is 8.47. The van der Waals surface area contributed by atoms with Gasteiger partial charge in [-0.2, -0.15) is 0 Å². The van der Waals surface area contributed by atoms with Gasteiger partial charge >= 0.3 is 0 Å². The van der Waals surface area contributed by atoms with Gasteiger partial charge in [-0.15, -0.1) is 0 Å². The van der Waals surface area contributed by atoms with E-state index in [1.54, 1.807) is 18.2 Å². The Morgan fingerprint density at radius 3 is 2.25 bits per heavy atom. The molecule has 0 spiro atoms. The van der Waals surface area contributed by atoms with Gasteiger partial charge in [0.1, 0.15) is 11.3 Å². The maximum atomic E-state index is 12.7. The molecule has 1 saturated heterocycles. The van der Waals surface area contributed by atoms with Crippen molar-refractivity contribution >= 4 is 74.5 Å². The molecule has 1 aromatic carbocycles. The maximum Gasteiger partial charge on any atom is 0.265 e. The van der Waals surface area contributed by atoms with E-state index in [0.717, 1.165) is 9.37 Å². The highest BCUT2D eigenvalue weighted by Gasteiger charge is 2.38. The number of carbonyl (C=O) groups excluding carboxylic acids is 2. The summed E-state index contributed by atoms with van der Waals surface area (Å²) in [5.74, 6) is -0.428. The second kappa shape index (κ2) is 8.82. The van der Waals surface area contributed by atoms with Crippen LogP contribution in [0.5, 0.6) is 0 Å². The van der Waals surface area contributed by atoms with E-state index >= 15 is 0 Å². The van der Waals surface area contributed by atoms with E-state index in [-0.39, 0.29) is 10.7 Å². The predicted molar refractivity (Wildman–Crippen MR) is 117 cm³/mol. The Hall–Kier alpha value is -1.61. The summed E-state index contributed by atoms with van der Waals surface area (Å²) >= 11 is 16.0. The minimum absolute atomic E-state index is 0.0293. The lowest BCUT2D eigenvalue weighted by atomic mass is 10.1. The first-order valence-corrected chi connectivity index (χ1v) is 10.9. The number of carbonyl (C=O) groups is 2. The Morgan fingerprint density at radius 1 is 1.14 bits per heavy atom. The first kappa shape index (κ1) is 21.1. The lowest BCUT2D eigenvalue weighted by Crippen LogP contribution is -2.55. The highest BCUT2D eigenvalue weighted by Crippen LogP contribution is 2.37. The van der Waals surface area contributed by atoms with E-state index in [1.165, 1.54) is 27.6 Å². The average molecular weight is 500 g/mol. The van der Waals surface area contributed by atoms with Crippen molar-refractivity contribution in [2.45, 2.75) is 23.8 Å².